The summed E-state index contributed by atoms with van der Waals surface area (Å²) >= 11 is 0. The van der Waals surface area contributed by atoms with Crippen LogP contribution in [0, 0.1) is 0 Å². The summed E-state index contributed by atoms with van der Waals surface area (Å²) in [4.78, 5) is 3.85. The molecule has 0 aliphatic heterocycles. The van der Waals surface area contributed by atoms with Crippen LogP contribution in [0.3, 0.4) is 0 Å². The van der Waals surface area contributed by atoms with E-state index in [4.69, 9.17) is 10.5 Å². The summed E-state index contributed by atoms with van der Waals surface area (Å²) in [7, 11) is 0. The monoisotopic (exact) mass is 267 g/mol. The Hall–Kier alpha value is -1.95. The predicted octanol–water partition coefficient (Wildman–Crippen LogP) is 2.88. The van der Waals surface area contributed by atoms with E-state index in [9.17, 15) is 8.78 Å². The summed E-state index contributed by atoms with van der Waals surface area (Å²) in [6.45, 7) is -0.812. The van der Waals surface area contributed by atoms with E-state index in [-0.39, 0.29) is 18.5 Å². The molecular weight excluding hydrogens is 252 g/mol. The number of aromatic nitrogens is 2. The zero-order valence-electron chi connectivity index (χ0n) is 10.5. The van der Waals surface area contributed by atoms with Gasteiger partial charge in [-0.3, -0.25) is 4.57 Å². The molecule has 1 atom stereocenters. The van der Waals surface area contributed by atoms with E-state index in [0.717, 1.165) is 10.1 Å². The van der Waals surface area contributed by atoms with Gasteiger partial charge in [0.15, 0.2) is 5.82 Å². The van der Waals surface area contributed by atoms with Crippen LogP contribution < -0.4 is 10.5 Å². The molecule has 1 aromatic carbocycles. The van der Waals surface area contributed by atoms with E-state index >= 15 is 0 Å². The minimum Gasteiger partial charge on any atom is -0.485 e. The molecule has 2 rings (SSSR count). The quantitative estimate of drug-likeness (QED) is 0.906. The number of nitrogens with two attached hydrogens (primary N) is 1. The van der Waals surface area contributed by atoms with Gasteiger partial charge in [0, 0.05) is 24.0 Å². The third kappa shape index (κ3) is 3.08. The Kier molecular flexibility index (Phi) is 4.11. The van der Waals surface area contributed by atoms with Gasteiger partial charge in [0.1, 0.15) is 12.4 Å². The maximum atomic E-state index is 12.6. The standard InChI is InChI=1S/C13H15F2N3O/c1-9(16)10-4-2-3-5-11(10)19-8-12-17-6-7-18(12)13(14)15/h2-7,9,13H,8,16H2,1H3. The third-order valence-corrected chi connectivity index (χ3v) is 2.73. The van der Waals surface area contributed by atoms with Crippen LogP contribution in [0.1, 0.15) is 30.9 Å². The largest absolute Gasteiger partial charge is 0.485 e. The molecule has 1 unspecified atom stereocenters. The molecule has 0 saturated carbocycles. The van der Waals surface area contributed by atoms with Gasteiger partial charge in [0.05, 0.1) is 0 Å². The number of halogens is 2. The van der Waals surface area contributed by atoms with Crippen LogP contribution in [-0.4, -0.2) is 9.55 Å². The Balaban J connectivity index is 2.13. The zero-order valence-corrected chi connectivity index (χ0v) is 10.5. The summed E-state index contributed by atoms with van der Waals surface area (Å²) in [6.07, 6.45) is 2.54. The fourth-order valence-electron chi connectivity index (χ4n) is 1.76. The van der Waals surface area contributed by atoms with Crippen molar-refractivity contribution in [3.8, 4) is 5.75 Å². The molecule has 0 aliphatic rings. The molecule has 1 heterocycles. The predicted molar refractivity (Wildman–Crippen MR) is 66.9 cm³/mol. The lowest BCUT2D eigenvalue weighted by molar-refractivity contribution is 0.0632. The van der Waals surface area contributed by atoms with E-state index < -0.39 is 6.55 Å². The van der Waals surface area contributed by atoms with Gasteiger partial charge in [-0.1, -0.05) is 18.2 Å². The molecule has 1 aromatic heterocycles. The zero-order chi connectivity index (χ0) is 13.8. The van der Waals surface area contributed by atoms with Gasteiger partial charge in [-0.15, -0.1) is 0 Å². The van der Waals surface area contributed by atoms with Gasteiger partial charge in [-0.05, 0) is 13.0 Å². The van der Waals surface area contributed by atoms with Gasteiger partial charge >= 0.3 is 6.55 Å². The number of rotatable bonds is 5. The summed E-state index contributed by atoms with van der Waals surface area (Å²) in [5, 5.41) is 0. The SMILES string of the molecule is CC(N)c1ccccc1OCc1nccn1C(F)F. The number of alkyl halides is 2. The normalized spacial score (nSPS) is 12.7. The Morgan fingerprint density at radius 2 is 2.11 bits per heavy atom. The number of ether oxygens (including phenoxy) is 1. The smallest absolute Gasteiger partial charge is 0.320 e. The highest BCUT2D eigenvalue weighted by atomic mass is 19.3. The van der Waals surface area contributed by atoms with Gasteiger partial charge < -0.3 is 10.5 Å². The van der Waals surface area contributed by atoms with Crippen molar-refractivity contribution in [1.29, 1.82) is 0 Å². The van der Waals surface area contributed by atoms with Gasteiger partial charge in [-0.2, -0.15) is 8.78 Å². The highest BCUT2D eigenvalue weighted by Crippen LogP contribution is 2.24. The minimum atomic E-state index is -2.62. The average molecular weight is 267 g/mol. The first-order valence-corrected chi connectivity index (χ1v) is 5.86. The van der Waals surface area contributed by atoms with E-state index in [0.29, 0.717) is 5.75 Å². The topological polar surface area (TPSA) is 53.1 Å². The molecule has 0 fully saturated rings. The summed E-state index contributed by atoms with van der Waals surface area (Å²) in [5.41, 5.74) is 6.65. The van der Waals surface area contributed by atoms with Crippen molar-refractivity contribution in [2.75, 3.05) is 0 Å². The molecule has 0 amide bonds. The molecule has 2 N–H and O–H groups in total. The first-order chi connectivity index (χ1) is 9.09. The van der Waals surface area contributed by atoms with Crippen molar-refractivity contribution < 1.29 is 13.5 Å². The maximum absolute atomic E-state index is 12.6. The first-order valence-electron chi connectivity index (χ1n) is 5.86. The fourth-order valence-corrected chi connectivity index (χ4v) is 1.76. The van der Waals surface area contributed by atoms with E-state index in [2.05, 4.69) is 4.98 Å². The Morgan fingerprint density at radius 3 is 2.79 bits per heavy atom. The molecular formula is C13H15F2N3O. The summed E-state index contributed by atoms with van der Waals surface area (Å²) < 4.78 is 31.6. The molecule has 0 saturated heterocycles. The maximum Gasteiger partial charge on any atom is 0.320 e. The van der Waals surface area contributed by atoms with Crippen molar-refractivity contribution in [1.82, 2.24) is 9.55 Å². The van der Waals surface area contributed by atoms with Crippen LogP contribution in [-0.2, 0) is 6.61 Å². The van der Waals surface area contributed by atoms with E-state index in [1.54, 1.807) is 12.1 Å². The summed E-state index contributed by atoms with van der Waals surface area (Å²) in [5.74, 6) is 0.760. The Bertz CT molecular complexity index is 540. The molecule has 4 nitrogen and oxygen atoms in total. The molecule has 2 aromatic rings. The van der Waals surface area contributed by atoms with Gasteiger partial charge in [0.25, 0.3) is 0 Å². The second-order valence-corrected chi connectivity index (χ2v) is 4.14. The molecule has 19 heavy (non-hydrogen) atoms. The molecule has 6 heteroatoms. The van der Waals surface area contributed by atoms with Crippen LogP contribution in [0.15, 0.2) is 36.7 Å². The molecule has 0 spiro atoms. The number of hydrogen-bond acceptors (Lipinski definition) is 3. The van der Waals surface area contributed by atoms with Crippen LogP contribution in [0.25, 0.3) is 0 Å². The second-order valence-electron chi connectivity index (χ2n) is 4.14. The minimum absolute atomic E-state index is 0.0267. The lowest BCUT2D eigenvalue weighted by Gasteiger charge is -2.14. The lowest BCUT2D eigenvalue weighted by atomic mass is 10.1. The van der Waals surface area contributed by atoms with Crippen LogP contribution in [0.2, 0.25) is 0 Å². The van der Waals surface area contributed by atoms with E-state index in [1.165, 1.54) is 12.4 Å². The van der Waals surface area contributed by atoms with Crippen LogP contribution >= 0.6 is 0 Å². The van der Waals surface area contributed by atoms with Crippen molar-refractivity contribution in [2.45, 2.75) is 26.1 Å². The average Bonchev–Trinajstić information content (AvgIpc) is 2.85. The Morgan fingerprint density at radius 1 is 1.37 bits per heavy atom. The van der Waals surface area contributed by atoms with E-state index in [1.807, 2.05) is 19.1 Å². The van der Waals surface area contributed by atoms with Crippen molar-refractivity contribution >= 4 is 0 Å². The van der Waals surface area contributed by atoms with Crippen molar-refractivity contribution in [3.63, 3.8) is 0 Å². The van der Waals surface area contributed by atoms with Crippen LogP contribution in [0.4, 0.5) is 8.78 Å². The number of nitrogens with zero attached hydrogens (tertiary/aromatic N) is 2. The number of hydrogen-bond donors (Lipinski definition) is 1. The number of benzene rings is 1. The fraction of sp³-hybridized carbons (Fsp3) is 0.308. The molecule has 0 bridgehead atoms. The molecule has 0 radical (unpaired) electrons. The van der Waals surface area contributed by atoms with Crippen molar-refractivity contribution in [2.24, 2.45) is 5.73 Å². The lowest BCUT2D eigenvalue weighted by Crippen LogP contribution is -2.10. The number of imidazole rings is 1. The third-order valence-electron chi connectivity index (χ3n) is 2.73. The Labute approximate surface area is 109 Å². The number of para-hydroxylation sites is 1. The highest BCUT2D eigenvalue weighted by molar-refractivity contribution is 5.35. The molecule has 0 aliphatic carbocycles. The highest BCUT2D eigenvalue weighted by Gasteiger charge is 2.13. The second kappa shape index (κ2) is 5.79. The first kappa shape index (κ1) is 13.5. The van der Waals surface area contributed by atoms with Crippen LogP contribution in [0.5, 0.6) is 5.75 Å². The molecule has 102 valence electrons. The van der Waals surface area contributed by atoms with Crippen molar-refractivity contribution in [3.05, 3.63) is 48.0 Å². The van der Waals surface area contributed by atoms with Gasteiger partial charge in [0.2, 0.25) is 0 Å². The summed E-state index contributed by atoms with van der Waals surface area (Å²) in [6, 6.07) is 7.08. The van der Waals surface area contributed by atoms with Gasteiger partial charge in [-0.25, -0.2) is 4.98 Å².